The lowest BCUT2D eigenvalue weighted by Crippen LogP contribution is -2.41. The van der Waals surface area contributed by atoms with E-state index in [2.05, 4.69) is 5.32 Å². The third kappa shape index (κ3) is 5.16. The van der Waals surface area contributed by atoms with E-state index in [0.29, 0.717) is 5.75 Å². The average Bonchev–Trinajstić information content (AvgIpc) is 2.78. The maximum atomic E-state index is 13.1. The molecule has 1 N–H and O–H groups in total. The van der Waals surface area contributed by atoms with Crippen molar-refractivity contribution in [3.8, 4) is 11.5 Å². The number of hydrogen-bond donors (Lipinski definition) is 1. The number of halogens is 3. The van der Waals surface area contributed by atoms with Crippen LogP contribution < -0.4 is 14.8 Å². The number of methoxy groups -OCH3 is 2. The molecule has 2 aromatic carbocycles. The van der Waals surface area contributed by atoms with Crippen molar-refractivity contribution in [2.45, 2.75) is 23.9 Å². The zero-order valence-electron chi connectivity index (χ0n) is 17.5. The summed E-state index contributed by atoms with van der Waals surface area (Å²) in [6, 6.07) is 8.66. The van der Waals surface area contributed by atoms with Crippen LogP contribution in [0.25, 0.3) is 0 Å². The maximum absolute atomic E-state index is 13.1. The molecule has 1 aliphatic rings. The summed E-state index contributed by atoms with van der Waals surface area (Å²) in [5, 5.41) is 2.60. The van der Waals surface area contributed by atoms with Crippen molar-refractivity contribution in [2.24, 2.45) is 5.92 Å². The predicted molar refractivity (Wildman–Crippen MR) is 111 cm³/mol. The average molecular weight is 472 g/mol. The van der Waals surface area contributed by atoms with Crippen LogP contribution >= 0.6 is 0 Å². The molecule has 0 bridgehead atoms. The van der Waals surface area contributed by atoms with Crippen molar-refractivity contribution in [3.63, 3.8) is 0 Å². The molecule has 11 heteroatoms. The van der Waals surface area contributed by atoms with Crippen molar-refractivity contribution in [1.29, 1.82) is 0 Å². The molecule has 0 aliphatic carbocycles. The first-order valence-electron chi connectivity index (χ1n) is 9.76. The van der Waals surface area contributed by atoms with Crippen LogP contribution in [0.15, 0.2) is 47.4 Å². The number of benzene rings is 2. The molecule has 32 heavy (non-hydrogen) atoms. The molecule has 7 nitrogen and oxygen atoms in total. The Labute approximate surface area is 184 Å². The molecule has 0 saturated carbocycles. The van der Waals surface area contributed by atoms with Crippen LogP contribution in [0.5, 0.6) is 11.5 Å². The molecule has 0 radical (unpaired) electrons. The Morgan fingerprint density at radius 2 is 1.66 bits per heavy atom. The molecule has 0 atom stereocenters. The van der Waals surface area contributed by atoms with Crippen molar-refractivity contribution < 1.29 is 35.9 Å². The van der Waals surface area contributed by atoms with E-state index in [1.165, 1.54) is 42.8 Å². The van der Waals surface area contributed by atoms with Crippen LogP contribution in [0.1, 0.15) is 18.4 Å². The standard InChI is InChI=1S/C21H23F3N2O5S/c1-30-17-7-8-18(31-2)19(13-17)32(28,29)26-11-9-14(10-12-26)20(27)25-16-5-3-15(4-6-16)21(22,23)24/h3-8,13-14H,9-12H2,1-2H3,(H,25,27). The van der Waals surface area contributed by atoms with E-state index in [9.17, 15) is 26.4 Å². The van der Waals surface area contributed by atoms with Gasteiger partial charge in [0.05, 0.1) is 19.8 Å². The van der Waals surface area contributed by atoms with Crippen molar-refractivity contribution in [3.05, 3.63) is 48.0 Å². The number of ether oxygens (including phenoxy) is 2. The highest BCUT2D eigenvalue weighted by molar-refractivity contribution is 7.89. The molecular weight excluding hydrogens is 449 g/mol. The SMILES string of the molecule is COc1ccc(OC)c(S(=O)(=O)N2CCC(C(=O)Nc3ccc(C(F)(F)F)cc3)CC2)c1. The number of rotatable bonds is 6. The van der Waals surface area contributed by atoms with E-state index in [0.717, 1.165) is 12.1 Å². The molecule has 3 rings (SSSR count). The Kier molecular flexibility index (Phi) is 6.99. The fourth-order valence-corrected chi connectivity index (χ4v) is 5.11. The van der Waals surface area contributed by atoms with E-state index < -0.39 is 27.7 Å². The van der Waals surface area contributed by atoms with E-state index in [1.807, 2.05) is 0 Å². The number of hydrogen-bond acceptors (Lipinski definition) is 5. The minimum absolute atomic E-state index is 0.0213. The van der Waals surface area contributed by atoms with Gasteiger partial charge in [0.1, 0.15) is 16.4 Å². The first-order chi connectivity index (χ1) is 15.1. The van der Waals surface area contributed by atoms with E-state index in [1.54, 1.807) is 6.07 Å². The lowest BCUT2D eigenvalue weighted by Gasteiger charge is -2.31. The van der Waals surface area contributed by atoms with E-state index in [4.69, 9.17) is 9.47 Å². The third-order valence-electron chi connectivity index (χ3n) is 5.29. The summed E-state index contributed by atoms with van der Waals surface area (Å²) >= 11 is 0. The van der Waals surface area contributed by atoms with Crippen LogP contribution in [0.3, 0.4) is 0 Å². The Morgan fingerprint density at radius 1 is 1.03 bits per heavy atom. The second-order valence-electron chi connectivity index (χ2n) is 7.26. The van der Waals surface area contributed by atoms with Gasteiger partial charge in [-0.3, -0.25) is 4.79 Å². The summed E-state index contributed by atoms with van der Waals surface area (Å²) < 4.78 is 75.8. The molecule has 1 aliphatic heterocycles. The summed E-state index contributed by atoms with van der Waals surface area (Å²) in [7, 11) is -1.07. The molecule has 1 fully saturated rings. The topological polar surface area (TPSA) is 84.9 Å². The number of piperidine rings is 1. The van der Waals surface area contributed by atoms with Gasteiger partial charge in [-0.15, -0.1) is 0 Å². The van der Waals surface area contributed by atoms with E-state index in [-0.39, 0.29) is 48.2 Å². The van der Waals surface area contributed by atoms with Gasteiger partial charge in [0, 0.05) is 30.8 Å². The minimum Gasteiger partial charge on any atom is -0.497 e. The number of amides is 1. The monoisotopic (exact) mass is 472 g/mol. The number of nitrogens with zero attached hydrogens (tertiary/aromatic N) is 1. The Morgan fingerprint density at radius 3 is 2.19 bits per heavy atom. The second-order valence-corrected chi connectivity index (χ2v) is 9.17. The van der Waals surface area contributed by atoms with E-state index >= 15 is 0 Å². The van der Waals surface area contributed by atoms with Crippen LogP contribution in [0, 0.1) is 5.92 Å². The number of anilines is 1. The summed E-state index contributed by atoms with van der Waals surface area (Å²) in [5.41, 5.74) is -0.554. The third-order valence-corrected chi connectivity index (χ3v) is 7.21. The van der Waals surface area contributed by atoms with Gasteiger partial charge in [0.2, 0.25) is 15.9 Å². The summed E-state index contributed by atoms with van der Waals surface area (Å²) in [6.45, 7) is 0.238. The van der Waals surface area contributed by atoms with Gasteiger partial charge in [-0.1, -0.05) is 0 Å². The minimum atomic E-state index is -4.45. The van der Waals surface area contributed by atoms with Crippen LogP contribution in [-0.2, 0) is 21.0 Å². The van der Waals surface area contributed by atoms with Gasteiger partial charge in [0.15, 0.2) is 0 Å². The van der Waals surface area contributed by atoms with Gasteiger partial charge < -0.3 is 14.8 Å². The highest BCUT2D eigenvalue weighted by Crippen LogP contribution is 2.33. The van der Waals surface area contributed by atoms with Gasteiger partial charge in [-0.2, -0.15) is 17.5 Å². The molecule has 2 aromatic rings. The second kappa shape index (κ2) is 9.37. The van der Waals surface area contributed by atoms with Gasteiger partial charge in [0.25, 0.3) is 0 Å². The number of sulfonamides is 1. The highest BCUT2D eigenvalue weighted by Gasteiger charge is 2.34. The smallest absolute Gasteiger partial charge is 0.416 e. The molecule has 0 spiro atoms. The number of carbonyl (C=O) groups excluding carboxylic acids is 1. The predicted octanol–water partition coefficient (Wildman–Crippen LogP) is 3.76. The Hall–Kier alpha value is -2.79. The first kappa shape index (κ1) is 23.9. The van der Waals surface area contributed by atoms with Crippen LogP contribution in [0.2, 0.25) is 0 Å². The zero-order valence-corrected chi connectivity index (χ0v) is 18.3. The number of carbonyl (C=O) groups is 1. The Balaban J connectivity index is 1.65. The number of nitrogens with one attached hydrogen (secondary N) is 1. The van der Waals surface area contributed by atoms with Gasteiger partial charge in [-0.25, -0.2) is 8.42 Å². The summed E-state index contributed by atoms with van der Waals surface area (Å²) in [4.78, 5) is 12.5. The lowest BCUT2D eigenvalue weighted by molar-refractivity contribution is -0.137. The van der Waals surface area contributed by atoms with Crippen molar-refractivity contribution in [1.82, 2.24) is 4.31 Å². The zero-order chi connectivity index (χ0) is 23.5. The molecule has 0 unspecified atom stereocenters. The molecule has 174 valence electrons. The van der Waals surface area contributed by atoms with Gasteiger partial charge in [-0.05, 0) is 49.2 Å². The summed E-state index contributed by atoms with van der Waals surface area (Å²) in [5.74, 6) is -0.264. The molecule has 1 heterocycles. The van der Waals surface area contributed by atoms with Gasteiger partial charge >= 0.3 is 6.18 Å². The fourth-order valence-electron chi connectivity index (χ4n) is 3.47. The number of alkyl halides is 3. The van der Waals surface area contributed by atoms with Crippen LogP contribution in [0.4, 0.5) is 18.9 Å². The largest absolute Gasteiger partial charge is 0.497 e. The van der Waals surface area contributed by atoms with Crippen molar-refractivity contribution >= 4 is 21.6 Å². The molecular formula is C21H23F3N2O5S. The highest BCUT2D eigenvalue weighted by atomic mass is 32.2. The molecule has 1 saturated heterocycles. The normalized spacial score (nSPS) is 15.9. The summed E-state index contributed by atoms with van der Waals surface area (Å²) in [6.07, 6.45) is -3.90. The fraction of sp³-hybridized carbons (Fsp3) is 0.381. The van der Waals surface area contributed by atoms with Crippen LogP contribution in [-0.4, -0.2) is 45.9 Å². The molecule has 0 aromatic heterocycles. The molecule has 1 amide bonds. The Bertz CT molecular complexity index is 1060. The first-order valence-corrected chi connectivity index (χ1v) is 11.2. The van der Waals surface area contributed by atoms with Crippen molar-refractivity contribution in [2.75, 3.05) is 32.6 Å². The quantitative estimate of drug-likeness (QED) is 0.692. The lowest BCUT2D eigenvalue weighted by atomic mass is 9.97. The maximum Gasteiger partial charge on any atom is 0.416 e.